The Balaban J connectivity index is 2.47. The lowest BCUT2D eigenvalue weighted by Gasteiger charge is -2.14. The van der Waals surface area contributed by atoms with Crippen LogP contribution < -0.4 is 10.6 Å². The highest BCUT2D eigenvalue weighted by Gasteiger charge is 2.05. The van der Waals surface area contributed by atoms with Crippen molar-refractivity contribution in [1.82, 2.24) is 9.97 Å². The van der Waals surface area contributed by atoms with Crippen LogP contribution in [0.4, 0.5) is 11.8 Å². The molecule has 2 N–H and O–H groups in total. The molecule has 1 aromatic heterocycles. The molecule has 1 aromatic rings. The molecule has 6 heteroatoms. The molecule has 0 spiro atoms. The van der Waals surface area contributed by atoms with E-state index in [0.29, 0.717) is 11.7 Å². The standard InChI is InChI=1S/C12H22N4OS/c1-4-7-13-12-14-8-5-11(16-12)15-10(2)6-9-18(3)17/h5,8,10H,4,6-7,9H2,1-3H3,(H2,13,14,15,16). The SMILES string of the molecule is CCCNc1nccc(NC(C)CCS(C)=O)n1. The molecule has 1 heterocycles. The summed E-state index contributed by atoms with van der Waals surface area (Å²) in [7, 11) is -0.738. The van der Waals surface area contributed by atoms with Crippen LogP contribution in [-0.4, -0.2) is 38.8 Å². The van der Waals surface area contributed by atoms with Crippen LogP contribution in [0.15, 0.2) is 12.3 Å². The quantitative estimate of drug-likeness (QED) is 0.755. The molecule has 18 heavy (non-hydrogen) atoms. The van der Waals surface area contributed by atoms with Crippen LogP contribution in [0, 0.1) is 0 Å². The van der Waals surface area contributed by atoms with Crippen LogP contribution in [-0.2, 0) is 10.8 Å². The number of rotatable bonds is 8. The fraction of sp³-hybridized carbons (Fsp3) is 0.667. The summed E-state index contributed by atoms with van der Waals surface area (Å²) in [4.78, 5) is 8.52. The number of hydrogen-bond donors (Lipinski definition) is 2. The Kier molecular flexibility index (Phi) is 6.64. The van der Waals surface area contributed by atoms with Gasteiger partial charge in [0.2, 0.25) is 5.95 Å². The van der Waals surface area contributed by atoms with Gasteiger partial charge < -0.3 is 10.6 Å². The van der Waals surface area contributed by atoms with Crippen LogP contribution in [0.5, 0.6) is 0 Å². The van der Waals surface area contributed by atoms with Gasteiger partial charge in [-0.05, 0) is 25.8 Å². The smallest absolute Gasteiger partial charge is 0.224 e. The molecule has 0 radical (unpaired) electrons. The van der Waals surface area contributed by atoms with Crippen molar-refractivity contribution in [1.29, 1.82) is 0 Å². The zero-order valence-corrected chi connectivity index (χ0v) is 12.1. The monoisotopic (exact) mass is 270 g/mol. The van der Waals surface area contributed by atoms with Crippen LogP contribution in [0.3, 0.4) is 0 Å². The van der Waals surface area contributed by atoms with E-state index in [0.717, 1.165) is 25.2 Å². The Morgan fingerprint density at radius 1 is 1.50 bits per heavy atom. The van der Waals surface area contributed by atoms with Crippen molar-refractivity contribution in [2.24, 2.45) is 0 Å². The van der Waals surface area contributed by atoms with Gasteiger partial charge in [0.05, 0.1) is 0 Å². The molecule has 0 aliphatic carbocycles. The van der Waals surface area contributed by atoms with Crippen molar-refractivity contribution in [3.05, 3.63) is 12.3 Å². The van der Waals surface area contributed by atoms with E-state index in [1.54, 1.807) is 12.5 Å². The molecule has 0 bridgehead atoms. The maximum Gasteiger partial charge on any atom is 0.224 e. The van der Waals surface area contributed by atoms with E-state index < -0.39 is 10.8 Å². The highest BCUT2D eigenvalue weighted by molar-refractivity contribution is 7.84. The maximum absolute atomic E-state index is 11.0. The average Bonchev–Trinajstić information content (AvgIpc) is 2.34. The van der Waals surface area contributed by atoms with E-state index in [1.807, 2.05) is 6.07 Å². The lowest BCUT2D eigenvalue weighted by Crippen LogP contribution is -2.19. The first kappa shape index (κ1) is 14.9. The van der Waals surface area contributed by atoms with Crippen molar-refractivity contribution in [2.45, 2.75) is 32.7 Å². The van der Waals surface area contributed by atoms with Gasteiger partial charge in [-0.25, -0.2) is 4.98 Å². The summed E-state index contributed by atoms with van der Waals surface area (Å²) < 4.78 is 11.0. The molecule has 5 nitrogen and oxygen atoms in total. The first-order valence-corrected chi connectivity index (χ1v) is 7.98. The van der Waals surface area contributed by atoms with Crippen LogP contribution in [0.25, 0.3) is 0 Å². The van der Waals surface area contributed by atoms with Crippen molar-refractivity contribution in [2.75, 3.05) is 29.2 Å². The van der Waals surface area contributed by atoms with Gasteiger partial charge in [0.15, 0.2) is 0 Å². The molecule has 0 fully saturated rings. The summed E-state index contributed by atoms with van der Waals surface area (Å²) in [5.74, 6) is 2.16. The molecule has 2 atom stereocenters. The minimum atomic E-state index is -0.738. The van der Waals surface area contributed by atoms with Gasteiger partial charge in [-0.2, -0.15) is 4.98 Å². The second-order valence-electron chi connectivity index (χ2n) is 4.30. The molecule has 0 aliphatic heterocycles. The summed E-state index contributed by atoms with van der Waals surface area (Å²) in [5.41, 5.74) is 0. The van der Waals surface area contributed by atoms with Crippen LogP contribution >= 0.6 is 0 Å². The molecular weight excluding hydrogens is 248 g/mol. The first-order valence-electron chi connectivity index (χ1n) is 6.25. The predicted octanol–water partition coefficient (Wildman–Crippen LogP) is 1.87. The fourth-order valence-electron chi connectivity index (χ4n) is 1.43. The van der Waals surface area contributed by atoms with Gasteiger partial charge in [-0.1, -0.05) is 6.92 Å². The summed E-state index contributed by atoms with van der Waals surface area (Å²) in [6.07, 6.45) is 5.37. The van der Waals surface area contributed by atoms with Crippen LogP contribution in [0.2, 0.25) is 0 Å². The Morgan fingerprint density at radius 2 is 2.28 bits per heavy atom. The second-order valence-corrected chi connectivity index (χ2v) is 5.86. The third-order valence-corrected chi connectivity index (χ3v) is 3.23. The fourth-order valence-corrected chi connectivity index (χ4v) is 2.11. The molecule has 102 valence electrons. The van der Waals surface area contributed by atoms with Gasteiger partial charge in [-0.15, -0.1) is 0 Å². The van der Waals surface area contributed by atoms with Crippen molar-refractivity contribution in [3.8, 4) is 0 Å². The zero-order chi connectivity index (χ0) is 13.4. The average molecular weight is 270 g/mol. The number of anilines is 2. The Morgan fingerprint density at radius 3 is 2.94 bits per heavy atom. The predicted molar refractivity (Wildman–Crippen MR) is 77.4 cm³/mol. The normalized spacial score (nSPS) is 13.9. The zero-order valence-electron chi connectivity index (χ0n) is 11.3. The third kappa shape index (κ3) is 5.95. The van der Waals surface area contributed by atoms with Crippen LogP contribution in [0.1, 0.15) is 26.7 Å². The third-order valence-electron chi connectivity index (χ3n) is 2.42. The Bertz CT molecular complexity index is 386. The summed E-state index contributed by atoms with van der Waals surface area (Å²) in [6.45, 7) is 5.03. The lowest BCUT2D eigenvalue weighted by molar-refractivity contribution is 0.678. The number of nitrogens with zero attached hydrogens (tertiary/aromatic N) is 2. The second kappa shape index (κ2) is 8.02. The van der Waals surface area contributed by atoms with E-state index in [2.05, 4.69) is 34.4 Å². The Hall–Kier alpha value is -1.17. The number of aromatic nitrogens is 2. The lowest BCUT2D eigenvalue weighted by atomic mass is 10.2. The summed E-state index contributed by atoms with van der Waals surface area (Å²) in [5, 5.41) is 6.44. The van der Waals surface area contributed by atoms with Gasteiger partial charge in [0, 0.05) is 41.6 Å². The first-order chi connectivity index (χ1) is 8.61. The van der Waals surface area contributed by atoms with E-state index in [1.165, 1.54) is 0 Å². The Labute approximate surface area is 111 Å². The van der Waals surface area contributed by atoms with Crippen molar-refractivity contribution in [3.63, 3.8) is 0 Å². The van der Waals surface area contributed by atoms with Crippen molar-refractivity contribution >= 4 is 22.6 Å². The minimum absolute atomic E-state index is 0.253. The highest BCUT2D eigenvalue weighted by Crippen LogP contribution is 2.08. The molecule has 0 saturated heterocycles. The molecule has 0 aromatic carbocycles. The molecule has 2 unspecified atom stereocenters. The summed E-state index contributed by atoms with van der Waals surface area (Å²) >= 11 is 0. The molecular formula is C12H22N4OS. The van der Waals surface area contributed by atoms with Gasteiger partial charge in [0.25, 0.3) is 0 Å². The van der Waals surface area contributed by atoms with Gasteiger partial charge >= 0.3 is 0 Å². The molecule has 0 aliphatic rings. The van der Waals surface area contributed by atoms with E-state index >= 15 is 0 Å². The van der Waals surface area contributed by atoms with Crippen molar-refractivity contribution < 1.29 is 4.21 Å². The summed E-state index contributed by atoms with van der Waals surface area (Å²) in [6, 6.07) is 2.10. The highest BCUT2D eigenvalue weighted by atomic mass is 32.2. The van der Waals surface area contributed by atoms with E-state index in [9.17, 15) is 4.21 Å². The molecule has 0 saturated carbocycles. The van der Waals surface area contributed by atoms with E-state index in [-0.39, 0.29) is 6.04 Å². The van der Waals surface area contributed by atoms with E-state index in [4.69, 9.17) is 0 Å². The maximum atomic E-state index is 11.0. The largest absolute Gasteiger partial charge is 0.367 e. The van der Waals surface area contributed by atoms with Gasteiger partial charge in [-0.3, -0.25) is 4.21 Å². The molecule has 1 rings (SSSR count). The minimum Gasteiger partial charge on any atom is -0.367 e. The van der Waals surface area contributed by atoms with Gasteiger partial charge in [0.1, 0.15) is 5.82 Å². The number of nitrogens with one attached hydrogen (secondary N) is 2. The molecule has 0 amide bonds. The topological polar surface area (TPSA) is 66.9 Å². The number of hydrogen-bond acceptors (Lipinski definition) is 5.